The van der Waals surface area contributed by atoms with E-state index in [-0.39, 0.29) is 12.3 Å². The highest BCUT2D eigenvalue weighted by molar-refractivity contribution is 8.26. The minimum Gasteiger partial charge on any atom is -0.481 e. The number of thioether (sulfide) groups is 1. The van der Waals surface area contributed by atoms with Gasteiger partial charge in [0.1, 0.15) is 4.32 Å². The number of thiazole rings is 1. The summed E-state index contributed by atoms with van der Waals surface area (Å²) in [6, 6.07) is 0. The zero-order valence-electron chi connectivity index (χ0n) is 11.4. The summed E-state index contributed by atoms with van der Waals surface area (Å²) in [6.07, 6.45) is 3.03. The van der Waals surface area contributed by atoms with Crippen LogP contribution in [0.1, 0.15) is 30.0 Å². The molecule has 1 amide bonds. The zero-order chi connectivity index (χ0) is 15.4. The number of aryl methyl sites for hydroxylation is 1. The fraction of sp³-hybridized carbons (Fsp3) is 0.385. The molecule has 1 fully saturated rings. The Bertz CT molecular complexity index is 610. The molecule has 2 heterocycles. The number of nitrogens with zero attached hydrogens (tertiary/aromatic N) is 2. The molecule has 1 aromatic rings. The first kappa shape index (κ1) is 16.1. The van der Waals surface area contributed by atoms with Crippen LogP contribution in [0.4, 0.5) is 0 Å². The van der Waals surface area contributed by atoms with Crippen LogP contribution >= 0.6 is 35.3 Å². The summed E-state index contributed by atoms with van der Waals surface area (Å²) in [5.41, 5.74) is 0.767. The van der Waals surface area contributed by atoms with Crippen molar-refractivity contribution in [1.29, 1.82) is 0 Å². The number of carboxylic acids is 1. The van der Waals surface area contributed by atoms with Gasteiger partial charge >= 0.3 is 5.97 Å². The third-order valence-corrected chi connectivity index (χ3v) is 4.98. The highest BCUT2D eigenvalue weighted by atomic mass is 32.2. The quantitative estimate of drug-likeness (QED) is 0.487. The Hall–Kier alpha value is -1.25. The first-order valence-electron chi connectivity index (χ1n) is 6.36. The van der Waals surface area contributed by atoms with Gasteiger partial charge in [-0.25, -0.2) is 4.98 Å². The van der Waals surface area contributed by atoms with Crippen LogP contribution in [0.3, 0.4) is 0 Å². The number of thiocarbonyl (C=S) groups is 1. The van der Waals surface area contributed by atoms with Crippen molar-refractivity contribution in [3.8, 4) is 0 Å². The molecule has 0 bridgehead atoms. The van der Waals surface area contributed by atoms with E-state index in [4.69, 9.17) is 17.3 Å². The number of carbonyl (C=O) groups excluding carboxylic acids is 1. The maximum Gasteiger partial charge on any atom is 0.303 e. The zero-order valence-corrected chi connectivity index (χ0v) is 13.8. The predicted molar refractivity (Wildman–Crippen MR) is 88.2 cm³/mol. The second-order valence-corrected chi connectivity index (χ2v) is 7.21. The van der Waals surface area contributed by atoms with Gasteiger partial charge in [-0.3, -0.25) is 14.5 Å². The van der Waals surface area contributed by atoms with Gasteiger partial charge in [-0.2, -0.15) is 0 Å². The van der Waals surface area contributed by atoms with E-state index in [2.05, 4.69) is 4.98 Å². The topological polar surface area (TPSA) is 70.5 Å². The minimum atomic E-state index is -0.820. The van der Waals surface area contributed by atoms with Gasteiger partial charge in [0.2, 0.25) is 0 Å². The molecule has 8 heteroatoms. The van der Waals surface area contributed by atoms with Crippen LogP contribution in [-0.2, 0) is 9.59 Å². The average molecular weight is 342 g/mol. The van der Waals surface area contributed by atoms with E-state index in [9.17, 15) is 9.59 Å². The SMILES string of the molecule is Cc1nc(/C=C2\SC(=S)N(CCCCC(=O)O)C2=O)cs1. The van der Waals surface area contributed by atoms with Crippen molar-refractivity contribution in [3.05, 3.63) is 21.0 Å². The fourth-order valence-electron chi connectivity index (χ4n) is 1.82. The van der Waals surface area contributed by atoms with Gasteiger partial charge in [-0.15, -0.1) is 11.3 Å². The van der Waals surface area contributed by atoms with Crippen LogP contribution in [0.15, 0.2) is 10.3 Å². The van der Waals surface area contributed by atoms with Gasteiger partial charge in [-0.05, 0) is 25.8 Å². The second kappa shape index (κ2) is 7.15. The minimum absolute atomic E-state index is 0.114. The third-order valence-electron chi connectivity index (χ3n) is 2.81. The monoisotopic (exact) mass is 342 g/mol. The molecule has 0 saturated carbocycles. The van der Waals surface area contributed by atoms with Crippen molar-refractivity contribution < 1.29 is 14.7 Å². The summed E-state index contributed by atoms with van der Waals surface area (Å²) < 4.78 is 0.522. The van der Waals surface area contributed by atoms with Crippen molar-refractivity contribution in [1.82, 2.24) is 9.88 Å². The Morgan fingerprint density at radius 2 is 2.29 bits per heavy atom. The van der Waals surface area contributed by atoms with Crippen LogP contribution in [0, 0.1) is 6.92 Å². The van der Waals surface area contributed by atoms with Crippen LogP contribution in [0.5, 0.6) is 0 Å². The van der Waals surface area contributed by atoms with Crippen LogP contribution in [-0.4, -0.2) is 37.7 Å². The number of carbonyl (C=O) groups is 2. The first-order chi connectivity index (χ1) is 9.97. The molecule has 21 heavy (non-hydrogen) atoms. The van der Waals surface area contributed by atoms with Crippen LogP contribution < -0.4 is 0 Å². The highest BCUT2D eigenvalue weighted by Gasteiger charge is 2.31. The summed E-state index contributed by atoms with van der Waals surface area (Å²) >= 11 is 8.01. The Labute approximate surface area is 136 Å². The summed E-state index contributed by atoms with van der Waals surface area (Å²) in [6.45, 7) is 2.38. The molecule has 1 aliphatic rings. The maximum atomic E-state index is 12.3. The van der Waals surface area contributed by atoms with Gasteiger partial charge in [0.25, 0.3) is 5.91 Å². The van der Waals surface area contributed by atoms with Crippen LogP contribution in [0.25, 0.3) is 6.08 Å². The molecule has 1 aromatic heterocycles. The number of rotatable bonds is 6. The lowest BCUT2D eigenvalue weighted by Crippen LogP contribution is -2.29. The summed E-state index contributed by atoms with van der Waals surface area (Å²) in [7, 11) is 0. The van der Waals surface area contributed by atoms with E-state index in [1.54, 1.807) is 6.08 Å². The number of carboxylic acid groups (broad SMARTS) is 1. The van der Waals surface area contributed by atoms with Crippen molar-refractivity contribution in [2.24, 2.45) is 0 Å². The van der Waals surface area contributed by atoms with E-state index in [1.165, 1.54) is 28.0 Å². The Balaban J connectivity index is 1.96. The molecule has 1 saturated heterocycles. The molecule has 0 atom stereocenters. The van der Waals surface area contributed by atoms with Crippen molar-refractivity contribution >= 4 is 57.6 Å². The lowest BCUT2D eigenvalue weighted by molar-refractivity contribution is -0.137. The molecule has 1 aliphatic heterocycles. The number of unbranched alkanes of at least 4 members (excludes halogenated alkanes) is 1. The fourth-order valence-corrected chi connectivity index (χ4v) is 3.68. The van der Waals surface area contributed by atoms with Crippen molar-refractivity contribution in [2.45, 2.75) is 26.2 Å². The van der Waals surface area contributed by atoms with Gasteiger partial charge in [-0.1, -0.05) is 24.0 Å². The smallest absolute Gasteiger partial charge is 0.303 e. The molecule has 5 nitrogen and oxygen atoms in total. The number of amides is 1. The van der Waals surface area contributed by atoms with Gasteiger partial charge in [0.05, 0.1) is 15.6 Å². The molecule has 2 rings (SSSR count). The normalized spacial score (nSPS) is 17.0. The molecule has 0 unspecified atom stereocenters. The highest BCUT2D eigenvalue weighted by Crippen LogP contribution is 2.32. The van der Waals surface area contributed by atoms with Gasteiger partial charge in [0.15, 0.2) is 0 Å². The van der Waals surface area contributed by atoms with E-state index in [1.807, 2.05) is 12.3 Å². The van der Waals surface area contributed by atoms with E-state index < -0.39 is 5.97 Å². The lowest BCUT2D eigenvalue weighted by Gasteiger charge is -2.13. The second-order valence-electron chi connectivity index (χ2n) is 4.48. The lowest BCUT2D eigenvalue weighted by atomic mass is 10.2. The predicted octanol–water partition coefficient (Wildman–Crippen LogP) is 2.91. The van der Waals surface area contributed by atoms with E-state index in [0.717, 1.165) is 10.7 Å². The summed E-state index contributed by atoms with van der Waals surface area (Å²) in [5.74, 6) is -0.940. The number of aliphatic carboxylic acids is 1. The third kappa shape index (κ3) is 4.36. The molecular weight excluding hydrogens is 328 g/mol. The van der Waals surface area contributed by atoms with E-state index >= 15 is 0 Å². The Kier molecular flexibility index (Phi) is 5.49. The molecule has 1 N–H and O–H groups in total. The average Bonchev–Trinajstić information content (AvgIpc) is 2.92. The van der Waals surface area contributed by atoms with Crippen molar-refractivity contribution in [3.63, 3.8) is 0 Å². The summed E-state index contributed by atoms with van der Waals surface area (Å²) in [4.78, 5) is 29.1. The van der Waals surface area contributed by atoms with Gasteiger partial charge < -0.3 is 5.11 Å². The maximum absolute atomic E-state index is 12.3. The number of hydrogen-bond donors (Lipinski definition) is 1. The first-order valence-corrected chi connectivity index (χ1v) is 8.47. The van der Waals surface area contributed by atoms with Crippen molar-refractivity contribution in [2.75, 3.05) is 6.54 Å². The molecule has 0 aliphatic carbocycles. The Morgan fingerprint density at radius 3 is 2.90 bits per heavy atom. The van der Waals surface area contributed by atoms with Gasteiger partial charge in [0, 0.05) is 18.3 Å². The number of aromatic nitrogens is 1. The van der Waals surface area contributed by atoms with Crippen LogP contribution in [0.2, 0.25) is 0 Å². The molecular formula is C13H14N2O3S3. The largest absolute Gasteiger partial charge is 0.481 e. The number of hydrogen-bond acceptors (Lipinski definition) is 6. The molecule has 112 valence electrons. The summed E-state index contributed by atoms with van der Waals surface area (Å²) in [5, 5.41) is 11.4. The Morgan fingerprint density at radius 1 is 1.52 bits per heavy atom. The molecule has 0 aromatic carbocycles. The van der Waals surface area contributed by atoms with E-state index in [0.29, 0.717) is 28.6 Å². The molecule has 0 radical (unpaired) electrons. The standard InChI is InChI=1S/C13H14N2O3S3/c1-8-14-9(7-20-8)6-10-12(18)15(13(19)21-10)5-3-2-4-11(16)17/h6-7H,2-5H2,1H3,(H,16,17)/b10-6-. The molecule has 0 spiro atoms.